The average Bonchev–Trinajstić information content (AvgIpc) is 2.58. The summed E-state index contributed by atoms with van der Waals surface area (Å²) in [5.41, 5.74) is 0. The van der Waals surface area contributed by atoms with Gasteiger partial charge in [-0.3, -0.25) is 0 Å². The van der Waals surface area contributed by atoms with E-state index in [-0.39, 0.29) is 0 Å². The Morgan fingerprint density at radius 3 is 1.76 bits per heavy atom. The molecule has 21 heavy (non-hydrogen) atoms. The van der Waals surface area contributed by atoms with E-state index in [1.165, 1.54) is 64.2 Å². The second kappa shape index (κ2) is 7.48. The zero-order chi connectivity index (χ0) is 14.5. The quantitative estimate of drug-likeness (QED) is 0.782. The van der Waals surface area contributed by atoms with Gasteiger partial charge in [-0.1, -0.05) is 38.5 Å². The maximum Gasteiger partial charge on any atom is 0.320 e. The van der Waals surface area contributed by atoms with Gasteiger partial charge in [0.1, 0.15) is 0 Å². The van der Waals surface area contributed by atoms with Gasteiger partial charge in [0, 0.05) is 25.2 Å². The van der Waals surface area contributed by atoms with Crippen LogP contribution in [0.4, 0.5) is 4.79 Å². The predicted octanol–water partition coefficient (Wildman–Crippen LogP) is 3.41. The first kappa shape index (κ1) is 15.1. The lowest BCUT2D eigenvalue weighted by atomic mass is 9.89. The lowest BCUT2D eigenvalue weighted by Crippen LogP contribution is -2.56. The van der Waals surface area contributed by atoms with Crippen LogP contribution in [0.5, 0.6) is 0 Å². The Balaban J connectivity index is 1.71. The first-order valence-electron chi connectivity index (χ1n) is 9.01. The Bertz CT molecular complexity index is 312. The summed E-state index contributed by atoms with van der Waals surface area (Å²) in [5.74, 6) is 0. The number of hydrogen-bond donors (Lipinski definition) is 0. The topological polar surface area (TPSA) is 32.8 Å². The van der Waals surface area contributed by atoms with E-state index in [1.54, 1.807) is 0 Å². The highest BCUT2D eigenvalue weighted by atomic mass is 16.5. The van der Waals surface area contributed by atoms with Gasteiger partial charge in [-0.15, -0.1) is 0 Å². The van der Waals surface area contributed by atoms with Crippen LogP contribution in [0.15, 0.2) is 0 Å². The molecular weight excluding hydrogens is 264 g/mol. The molecule has 0 N–H and O–H groups in total. The Morgan fingerprint density at radius 2 is 1.29 bits per heavy atom. The standard InChI is InChI=1S/C17H30N2O2/c20-17(18-11-13-21-14-12-18)19(15-7-3-1-4-8-15)16-9-5-2-6-10-16/h15-16H,1-14H2. The smallest absolute Gasteiger partial charge is 0.320 e. The molecule has 4 nitrogen and oxygen atoms in total. The number of amides is 2. The SMILES string of the molecule is O=C(N1CCOCC1)N(C1CCCCC1)C1CCCCC1. The predicted molar refractivity (Wildman–Crippen MR) is 83.4 cm³/mol. The molecule has 0 aromatic rings. The molecule has 2 aliphatic carbocycles. The molecule has 120 valence electrons. The molecule has 0 bridgehead atoms. The van der Waals surface area contributed by atoms with Gasteiger partial charge in [0.05, 0.1) is 13.2 Å². The summed E-state index contributed by atoms with van der Waals surface area (Å²) >= 11 is 0. The molecule has 3 aliphatic rings. The zero-order valence-electron chi connectivity index (χ0n) is 13.3. The van der Waals surface area contributed by atoms with E-state index in [1.807, 2.05) is 4.90 Å². The molecule has 0 atom stereocenters. The minimum atomic E-state index is 0.303. The van der Waals surface area contributed by atoms with Crippen LogP contribution < -0.4 is 0 Å². The van der Waals surface area contributed by atoms with Crippen molar-refractivity contribution in [1.82, 2.24) is 9.80 Å². The lowest BCUT2D eigenvalue weighted by Gasteiger charge is -2.44. The molecule has 1 saturated heterocycles. The molecule has 1 aliphatic heterocycles. The summed E-state index contributed by atoms with van der Waals surface area (Å²) < 4.78 is 5.41. The first-order chi connectivity index (χ1) is 10.4. The van der Waals surface area contributed by atoms with Crippen molar-refractivity contribution in [2.24, 2.45) is 0 Å². The van der Waals surface area contributed by atoms with Crippen LogP contribution in [0.25, 0.3) is 0 Å². The molecule has 2 saturated carbocycles. The molecule has 3 rings (SSSR count). The Kier molecular flexibility index (Phi) is 5.39. The summed E-state index contributed by atoms with van der Waals surface area (Å²) in [7, 11) is 0. The van der Waals surface area contributed by atoms with Crippen LogP contribution in [0.2, 0.25) is 0 Å². The van der Waals surface area contributed by atoms with Crippen LogP contribution in [0, 0.1) is 0 Å². The summed E-state index contributed by atoms with van der Waals surface area (Å²) in [6.07, 6.45) is 12.7. The van der Waals surface area contributed by atoms with Gasteiger partial charge in [-0.05, 0) is 25.7 Å². The summed E-state index contributed by atoms with van der Waals surface area (Å²) in [4.78, 5) is 17.4. The Hall–Kier alpha value is -0.770. The van der Waals surface area contributed by atoms with E-state index in [4.69, 9.17) is 4.74 Å². The summed E-state index contributed by atoms with van der Waals surface area (Å²) in [6.45, 7) is 2.95. The van der Waals surface area contributed by atoms with Gasteiger partial charge < -0.3 is 14.5 Å². The van der Waals surface area contributed by atoms with Crippen molar-refractivity contribution in [3.8, 4) is 0 Å². The van der Waals surface area contributed by atoms with E-state index < -0.39 is 0 Å². The molecule has 0 radical (unpaired) electrons. The van der Waals surface area contributed by atoms with Crippen LogP contribution in [-0.4, -0.2) is 54.2 Å². The van der Waals surface area contributed by atoms with Crippen molar-refractivity contribution in [1.29, 1.82) is 0 Å². The monoisotopic (exact) mass is 294 g/mol. The highest BCUT2D eigenvalue weighted by Gasteiger charge is 2.35. The number of rotatable bonds is 2. The third kappa shape index (κ3) is 3.71. The van der Waals surface area contributed by atoms with Gasteiger partial charge in [-0.2, -0.15) is 0 Å². The molecule has 0 spiro atoms. The highest BCUT2D eigenvalue weighted by molar-refractivity contribution is 5.75. The second-order valence-corrected chi connectivity index (χ2v) is 6.87. The van der Waals surface area contributed by atoms with E-state index in [9.17, 15) is 4.79 Å². The molecule has 2 amide bonds. The highest BCUT2D eigenvalue weighted by Crippen LogP contribution is 2.31. The molecule has 0 aromatic carbocycles. The molecule has 4 heteroatoms. The van der Waals surface area contributed by atoms with Gasteiger partial charge >= 0.3 is 6.03 Å². The van der Waals surface area contributed by atoms with E-state index in [2.05, 4.69) is 4.90 Å². The van der Waals surface area contributed by atoms with Crippen LogP contribution in [0.3, 0.4) is 0 Å². The normalized spacial score (nSPS) is 25.8. The first-order valence-corrected chi connectivity index (χ1v) is 9.01. The van der Waals surface area contributed by atoms with E-state index in [0.717, 1.165) is 13.1 Å². The third-order valence-corrected chi connectivity index (χ3v) is 5.44. The number of morpholine rings is 1. The summed E-state index contributed by atoms with van der Waals surface area (Å²) in [6, 6.07) is 1.30. The van der Waals surface area contributed by atoms with Crippen molar-refractivity contribution >= 4 is 6.03 Å². The fraction of sp³-hybridized carbons (Fsp3) is 0.941. The number of carbonyl (C=O) groups excluding carboxylic acids is 1. The van der Waals surface area contributed by atoms with Crippen LogP contribution in [0.1, 0.15) is 64.2 Å². The van der Waals surface area contributed by atoms with Crippen molar-refractivity contribution < 1.29 is 9.53 Å². The number of carbonyl (C=O) groups is 1. The average molecular weight is 294 g/mol. The number of nitrogens with zero attached hydrogens (tertiary/aromatic N) is 2. The van der Waals surface area contributed by atoms with Gasteiger partial charge in [-0.25, -0.2) is 4.79 Å². The number of hydrogen-bond acceptors (Lipinski definition) is 2. The molecule has 0 unspecified atom stereocenters. The minimum Gasteiger partial charge on any atom is -0.378 e. The van der Waals surface area contributed by atoms with Gasteiger partial charge in [0.25, 0.3) is 0 Å². The van der Waals surface area contributed by atoms with Gasteiger partial charge in [0.2, 0.25) is 0 Å². The Morgan fingerprint density at radius 1 is 0.810 bits per heavy atom. The van der Waals surface area contributed by atoms with Crippen molar-refractivity contribution in [3.63, 3.8) is 0 Å². The van der Waals surface area contributed by atoms with E-state index >= 15 is 0 Å². The third-order valence-electron chi connectivity index (χ3n) is 5.44. The van der Waals surface area contributed by atoms with Crippen molar-refractivity contribution in [3.05, 3.63) is 0 Å². The molecule has 3 fully saturated rings. The maximum absolute atomic E-state index is 13.1. The molecule has 0 aromatic heterocycles. The zero-order valence-corrected chi connectivity index (χ0v) is 13.3. The second-order valence-electron chi connectivity index (χ2n) is 6.87. The fourth-order valence-corrected chi connectivity index (χ4v) is 4.25. The maximum atomic E-state index is 13.1. The molecule has 1 heterocycles. The molecular formula is C17H30N2O2. The fourth-order valence-electron chi connectivity index (χ4n) is 4.25. The van der Waals surface area contributed by atoms with E-state index in [0.29, 0.717) is 31.3 Å². The van der Waals surface area contributed by atoms with Crippen molar-refractivity contribution in [2.75, 3.05) is 26.3 Å². The number of urea groups is 1. The lowest BCUT2D eigenvalue weighted by molar-refractivity contribution is 0.0256. The van der Waals surface area contributed by atoms with Crippen LogP contribution in [-0.2, 0) is 4.74 Å². The number of ether oxygens (including phenoxy) is 1. The van der Waals surface area contributed by atoms with Gasteiger partial charge in [0.15, 0.2) is 0 Å². The van der Waals surface area contributed by atoms with Crippen LogP contribution >= 0.6 is 0 Å². The largest absolute Gasteiger partial charge is 0.378 e. The Labute approximate surface area is 128 Å². The minimum absolute atomic E-state index is 0.303. The summed E-state index contributed by atoms with van der Waals surface area (Å²) in [5, 5.41) is 0. The van der Waals surface area contributed by atoms with Crippen molar-refractivity contribution in [2.45, 2.75) is 76.3 Å².